The van der Waals surface area contributed by atoms with Gasteiger partial charge in [-0.1, -0.05) is 24.3 Å². The van der Waals surface area contributed by atoms with Gasteiger partial charge in [-0.2, -0.15) is 4.31 Å². The molecular formula is C17H23N3O2S. The first kappa shape index (κ1) is 16.2. The smallest absolute Gasteiger partial charge is 0.218 e. The predicted molar refractivity (Wildman–Crippen MR) is 90.5 cm³/mol. The molecule has 1 saturated heterocycles. The number of aryl methyl sites for hydroxylation is 2. The van der Waals surface area contributed by atoms with Gasteiger partial charge in [0, 0.05) is 31.5 Å². The number of benzene rings is 1. The van der Waals surface area contributed by atoms with Crippen molar-refractivity contribution in [2.75, 3.05) is 6.54 Å². The van der Waals surface area contributed by atoms with Gasteiger partial charge in [-0.25, -0.2) is 13.4 Å². The van der Waals surface area contributed by atoms with Crippen molar-refractivity contribution < 1.29 is 8.42 Å². The molecule has 2 aromatic rings. The molecule has 0 aliphatic carbocycles. The van der Waals surface area contributed by atoms with E-state index >= 15 is 0 Å². The summed E-state index contributed by atoms with van der Waals surface area (Å²) in [4.78, 5) is 4.22. The van der Waals surface area contributed by atoms with Crippen molar-refractivity contribution in [2.45, 2.75) is 45.0 Å². The van der Waals surface area contributed by atoms with Crippen molar-refractivity contribution in [3.63, 3.8) is 0 Å². The second-order valence-corrected chi connectivity index (χ2v) is 8.14. The van der Waals surface area contributed by atoms with E-state index in [1.165, 1.54) is 0 Å². The molecule has 2 heterocycles. The Kier molecular flexibility index (Phi) is 4.55. The SMILES string of the molecule is Cc1ccccc1CS(=O)(=O)N1CCCC1Cn1ccnc1C. The molecule has 5 nitrogen and oxygen atoms in total. The van der Waals surface area contributed by atoms with Crippen LogP contribution in [0.25, 0.3) is 0 Å². The highest BCUT2D eigenvalue weighted by Crippen LogP contribution is 2.25. The first-order chi connectivity index (χ1) is 11.0. The van der Waals surface area contributed by atoms with Crippen molar-refractivity contribution in [2.24, 2.45) is 0 Å². The van der Waals surface area contributed by atoms with Gasteiger partial charge in [-0.15, -0.1) is 0 Å². The molecule has 23 heavy (non-hydrogen) atoms. The van der Waals surface area contributed by atoms with Crippen LogP contribution in [0, 0.1) is 13.8 Å². The molecule has 0 spiro atoms. The van der Waals surface area contributed by atoms with E-state index in [4.69, 9.17) is 0 Å². The third kappa shape index (κ3) is 3.48. The van der Waals surface area contributed by atoms with Gasteiger partial charge >= 0.3 is 0 Å². The Labute approximate surface area is 138 Å². The Hall–Kier alpha value is -1.66. The molecule has 0 radical (unpaired) electrons. The molecule has 1 aromatic carbocycles. The van der Waals surface area contributed by atoms with Gasteiger partial charge < -0.3 is 4.57 Å². The fraction of sp³-hybridized carbons (Fsp3) is 0.471. The second kappa shape index (κ2) is 6.45. The number of nitrogens with zero attached hydrogens (tertiary/aromatic N) is 3. The lowest BCUT2D eigenvalue weighted by molar-refractivity contribution is 0.349. The largest absolute Gasteiger partial charge is 0.334 e. The van der Waals surface area contributed by atoms with Crippen LogP contribution in [0.1, 0.15) is 29.8 Å². The Morgan fingerprint density at radius 3 is 2.74 bits per heavy atom. The van der Waals surface area contributed by atoms with Crippen LogP contribution < -0.4 is 0 Å². The summed E-state index contributed by atoms with van der Waals surface area (Å²) in [6.07, 6.45) is 5.51. The van der Waals surface area contributed by atoms with Crippen LogP contribution in [0.3, 0.4) is 0 Å². The molecule has 0 saturated carbocycles. The number of imidazole rings is 1. The molecule has 0 bridgehead atoms. The average Bonchev–Trinajstić information content (AvgIpc) is 3.12. The molecule has 1 aromatic heterocycles. The Morgan fingerprint density at radius 1 is 1.26 bits per heavy atom. The first-order valence-corrected chi connectivity index (χ1v) is 9.60. The summed E-state index contributed by atoms with van der Waals surface area (Å²) in [5.41, 5.74) is 1.91. The van der Waals surface area contributed by atoms with Gasteiger partial charge in [0.05, 0.1) is 5.75 Å². The van der Waals surface area contributed by atoms with Gasteiger partial charge in [0.2, 0.25) is 10.0 Å². The lowest BCUT2D eigenvalue weighted by Crippen LogP contribution is -2.38. The molecule has 6 heteroatoms. The highest BCUT2D eigenvalue weighted by Gasteiger charge is 2.34. The average molecular weight is 333 g/mol. The minimum Gasteiger partial charge on any atom is -0.334 e. The van der Waals surface area contributed by atoms with Crippen LogP contribution >= 0.6 is 0 Å². The molecule has 3 rings (SSSR count). The van der Waals surface area contributed by atoms with E-state index in [2.05, 4.69) is 4.98 Å². The Morgan fingerprint density at radius 2 is 2.04 bits per heavy atom. The maximum atomic E-state index is 12.9. The quantitative estimate of drug-likeness (QED) is 0.845. The third-order valence-corrected chi connectivity index (χ3v) is 6.48. The topological polar surface area (TPSA) is 55.2 Å². The Bertz CT molecular complexity index is 783. The standard InChI is InChI=1S/C17H23N3O2S/c1-14-6-3-4-7-16(14)13-23(21,22)20-10-5-8-17(20)12-19-11-9-18-15(19)2/h3-4,6-7,9,11,17H,5,8,10,12-13H2,1-2H3. The molecular weight excluding hydrogens is 310 g/mol. The zero-order valence-electron chi connectivity index (χ0n) is 13.6. The molecule has 124 valence electrons. The van der Waals surface area contributed by atoms with Gasteiger partial charge in [-0.05, 0) is 37.8 Å². The van der Waals surface area contributed by atoms with Gasteiger partial charge in [-0.3, -0.25) is 0 Å². The fourth-order valence-electron chi connectivity index (χ4n) is 3.23. The number of aromatic nitrogens is 2. The van der Waals surface area contributed by atoms with Crippen molar-refractivity contribution in [1.29, 1.82) is 0 Å². The summed E-state index contributed by atoms with van der Waals surface area (Å²) in [5.74, 6) is 1.01. The van der Waals surface area contributed by atoms with E-state index in [9.17, 15) is 8.42 Å². The number of hydrogen-bond donors (Lipinski definition) is 0. The summed E-state index contributed by atoms with van der Waals surface area (Å²) >= 11 is 0. The van der Waals surface area contributed by atoms with Crippen LogP contribution in [0.15, 0.2) is 36.7 Å². The van der Waals surface area contributed by atoms with Crippen LogP contribution in [0.2, 0.25) is 0 Å². The predicted octanol–water partition coefficient (Wildman–Crippen LogP) is 2.49. The van der Waals surface area contributed by atoms with Gasteiger partial charge in [0.25, 0.3) is 0 Å². The summed E-state index contributed by atoms with van der Waals surface area (Å²) in [5, 5.41) is 0. The van der Waals surface area contributed by atoms with Gasteiger partial charge in [0.15, 0.2) is 0 Å². The minimum atomic E-state index is -3.30. The van der Waals surface area contributed by atoms with Gasteiger partial charge in [0.1, 0.15) is 5.82 Å². The van der Waals surface area contributed by atoms with Crippen molar-refractivity contribution >= 4 is 10.0 Å². The van der Waals surface area contributed by atoms with Crippen LogP contribution in [-0.4, -0.2) is 34.9 Å². The molecule has 1 aliphatic rings. The van der Waals surface area contributed by atoms with Crippen LogP contribution in [-0.2, 0) is 22.3 Å². The van der Waals surface area contributed by atoms with Crippen LogP contribution in [0.4, 0.5) is 0 Å². The second-order valence-electron chi connectivity index (χ2n) is 6.22. The molecule has 1 unspecified atom stereocenters. The monoisotopic (exact) mass is 333 g/mol. The lowest BCUT2D eigenvalue weighted by atomic mass is 10.1. The highest BCUT2D eigenvalue weighted by molar-refractivity contribution is 7.88. The third-order valence-electron chi connectivity index (χ3n) is 4.61. The van der Waals surface area contributed by atoms with E-state index in [0.29, 0.717) is 13.1 Å². The summed E-state index contributed by atoms with van der Waals surface area (Å²) < 4.78 is 29.5. The Balaban J connectivity index is 1.78. The molecule has 0 amide bonds. The molecule has 1 atom stereocenters. The number of rotatable bonds is 5. The maximum Gasteiger partial charge on any atom is 0.218 e. The van der Waals surface area contributed by atoms with Crippen molar-refractivity contribution in [3.8, 4) is 0 Å². The maximum absolute atomic E-state index is 12.9. The van der Waals surface area contributed by atoms with E-state index in [0.717, 1.165) is 29.8 Å². The summed E-state index contributed by atoms with van der Waals surface area (Å²) in [7, 11) is -3.30. The zero-order valence-corrected chi connectivity index (χ0v) is 14.5. The van der Waals surface area contributed by atoms with Crippen LogP contribution in [0.5, 0.6) is 0 Å². The normalized spacial score (nSPS) is 19.3. The van der Waals surface area contributed by atoms with E-state index in [1.54, 1.807) is 10.5 Å². The van der Waals surface area contributed by atoms with Crippen molar-refractivity contribution in [1.82, 2.24) is 13.9 Å². The highest BCUT2D eigenvalue weighted by atomic mass is 32.2. The summed E-state index contributed by atoms with van der Waals surface area (Å²) in [6, 6.07) is 7.72. The molecule has 0 N–H and O–H groups in total. The molecule has 1 aliphatic heterocycles. The fourth-order valence-corrected chi connectivity index (χ4v) is 5.15. The van der Waals surface area contributed by atoms with Crippen molar-refractivity contribution in [3.05, 3.63) is 53.6 Å². The first-order valence-electron chi connectivity index (χ1n) is 7.99. The number of sulfonamides is 1. The number of hydrogen-bond acceptors (Lipinski definition) is 3. The minimum absolute atomic E-state index is 0.0249. The molecule has 1 fully saturated rings. The zero-order chi connectivity index (χ0) is 16.4. The van der Waals surface area contributed by atoms with E-state index in [-0.39, 0.29) is 11.8 Å². The van der Waals surface area contributed by atoms with E-state index in [1.807, 2.05) is 48.9 Å². The van der Waals surface area contributed by atoms with E-state index < -0.39 is 10.0 Å². The summed E-state index contributed by atoms with van der Waals surface area (Å²) in [6.45, 7) is 5.20. The lowest BCUT2D eigenvalue weighted by Gasteiger charge is -2.25.